The lowest BCUT2D eigenvalue weighted by Gasteiger charge is -2.20. The number of rotatable bonds is 7. The summed E-state index contributed by atoms with van der Waals surface area (Å²) in [6.07, 6.45) is 1.52. The van der Waals surface area contributed by atoms with Crippen LogP contribution in [-0.4, -0.2) is 31.4 Å². The summed E-state index contributed by atoms with van der Waals surface area (Å²) in [6, 6.07) is 16.3. The number of furan rings is 1. The smallest absolute Gasteiger partial charge is 0.338 e. The first-order chi connectivity index (χ1) is 14.5. The molecule has 1 heterocycles. The van der Waals surface area contributed by atoms with Crippen LogP contribution in [0.3, 0.4) is 0 Å². The third kappa shape index (κ3) is 5.27. The van der Waals surface area contributed by atoms with Gasteiger partial charge in [-0.15, -0.1) is 0 Å². The highest BCUT2D eigenvalue weighted by Crippen LogP contribution is 2.20. The SMILES string of the molecule is CN(C(=O)COC(=O)c1ccc(Cl)cc1)c1ccccc1C(=O)NCc1ccco1. The predicted octanol–water partition coefficient (Wildman–Crippen LogP) is 3.68. The van der Waals surface area contributed by atoms with Crippen molar-refractivity contribution in [1.82, 2.24) is 5.32 Å². The van der Waals surface area contributed by atoms with Crippen molar-refractivity contribution in [3.63, 3.8) is 0 Å². The Balaban J connectivity index is 1.63. The molecule has 1 aromatic heterocycles. The van der Waals surface area contributed by atoms with E-state index in [1.165, 1.54) is 30.3 Å². The van der Waals surface area contributed by atoms with Gasteiger partial charge in [0.1, 0.15) is 5.76 Å². The topological polar surface area (TPSA) is 88.8 Å². The molecule has 3 rings (SSSR count). The van der Waals surface area contributed by atoms with Crippen molar-refractivity contribution in [2.45, 2.75) is 6.54 Å². The number of ether oxygens (including phenoxy) is 1. The van der Waals surface area contributed by atoms with Gasteiger partial charge in [0.15, 0.2) is 6.61 Å². The first-order valence-electron chi connectivity index (χ1n) is 9.04. The minimum absolute atomic E-state index is 0.219. The van der Waals surface area contributed by atoms with E-state index in [0.29, 0.717) is 22.0 Å². The quantitative estimate of drug-likeness (QED) is 0.582. The maximum Gasteiger partial charge on any atom is 0.338 e. The molecular formula is C22H19ClN2O5. The number of hydrogen-bond donors (Lipinski definition) is 1. The molecule has 0 saturated carbocycles. The Hall–Kier alpha value is -3.58. The number of carbonyl (C=O) groups is 3. The Morgan fingerprint density at radius 1 is 1.03 bits per heavy atom. The Morgan fingerprint density at radius 3 is 2.47 bits per heavy atom. The zero-order chi connectivity index (χ0) is 21.5. The molecule has 0 aliphatic carbocycles. The van der Waals surface area contributed by atoms with Crippen LogP contribution in [0.4, 0.5) is 5.69 Å². The summed E-state index contributed by atoms with van der Waals surface area (Å²) in [5.74, 6) is -0.874. The van der Waals surface area contributed by atoms with Crippen molar-refractivity contribution in [2.75, 3.05) is 18.6 Å². The highest BCUT2D eigenvalue weighted by atomic mass is 35.5. The molecule has 30 heavy (non-hydrogen) atoms. The number of benzene rings is 2. The van der Waals surface area contributed by atoms with Gasteiger partial charge in [0.25, 0.3) is 11.8 Å². The molecule has 0 spiro atoms. The molecule has 0 aliphatic heterocycles. The zero-order valence-electron chi connectivity index (χ0n) is 16.1. The Morgan fingerprint density at radius 2 is 1.77 bits per heavy atom. The highest BCUT2D eigenvalue weighted by Gasteiger charge is 2.20. The molecule has 154 valence electrons. The summed E-state index contributed by atoms with van der Waals surface area (Å²) in [5.41, 5.74) is 0.985. The third-order valence-electron chi connectivity index (χ3n) is 4.29. The Bertz CT molecular complexity index is 1030. The predicted molar refractivity (Wildman–Crippen MR) is 111 cm³/mol. The van der Waals surface area contributed by atoms with Crippen molar-refractivity contribution in [1.29, 1.82) is 0 Å². The summed E-state index contributed by atoms with van der Waals surface area (Å²) in [6.45, 7) is -0.253. The summed E-state index contributed by atoms with van der Waals surface area (Å²) in [5, 5.41) is 3.24. The number of esters is 1. The van der Waals surface area contributed by atoms with E-state index in [1.807, 2.05) is 0 Å². The van der Waals surface area contributed by atoms with E-state index < -0.39 is 18.5 Å². The number of carbonyl (C=O) groups excluding carboxylic acids is 3. The minimum Gasteiger partial charge on any atom is -0.467 e. The number of para-hydroxylation sites is 1. The van der Waals surface area contributed by atoms with Crippen LogP contribution in [0.25, 0.3) is 0 Å². The molecular weight excluding hydrogens is 408 g/mol. The largest absolute Gasteiger partial charge is 0.467 e. The van der Waals surface area contributed by atoms with Crippen molar-refractivity contribution < 1.29 is 23.5 Å². The van der Waals surface area contributed by atoms with Gasteiger partial charge in [-0.1, -0.05) is 23.7 Å². The van der Waals surface area contributed by atoms with Crippen LogP contribution >= 0.6 is 11.6 Å². The van der Waals surface area contributed by atoms with Crippen molar-refractivity contribution in [2.24, 2.45) is 0 Å². The molecule has 0 radical (unpaired) electrons. The molecule has 7 nitrogen and oxygen atoms in total. The van der Waals surface area contributed by atoms with Gasteiger partial charge in [-0.25, -0.2) is 4.79 Å². The summed E-state index contributed by atoms with van der Waals surface area (Å²) in [7, 11) is 1.51. The number of nitrogens with one attached hydrogen (secondary N) is 1. The summed E-state index contributed by atoms with van der Waals surface area (Å²) < 4.78 is 10.3. The van der Waals surface area contributed by atoms with E-state index in [1.54, 1.807) is 48.5 Å². The van der Waals surface area contributed by atoms with Crippen molar-refractivity contribution >= 4 is 35.1 Å². The average Bonchev–Trinajstić information content (AvgIpc) is 3.29. The van der Waals surface area contributed by atoms with Gasteiger partial charge in [0.05, 0.1) is 29.6 Å². The van der Waals surface area contributed by atoms with E-state index in [0.717, 1.165) is 0 Å². The summed E-state index contributed by atoms with van der Waals surface area (Å²) in [4.78, 5) is 38.5. The molecule has 8 heteroatoms. The molecule has 0 atom stereocenters. The van der Waals surface area contributed by atoms with Gasteiger partial charge >= 0.3 is 5.97 Å². The van der Waals surface area contributed by atoms with Crippen molar-refractivity contribution in [3.8, 4) is 0 Å². The van der Waals surface area contributed by atoms with E-state index in [2.05, 4.69) is 5.32 Å². The van der Waals surface area contributed by atoms with Gasteiger partial charge in [-0.05, 0) is 48.5 Å². The maximum absolute atomic E-state index is 12.6. The van der Waals surface area contributed by atoms with Crippen LogP contribution in [0.15, 0.2) is 71.3 Å². The van der Waals surface area contributed by atoms with Gasteiger partial charge in [0, 0.05) is 12.1 Å². The van der Waals surface area contributed by atoms with Gasteiger partial charge < -0.3 is 19.4 Å². The molecule has 2 aromatic carbocycles. The fourth-order valence-corrected chi connectivity index (χ4v) is 2.79. The number of likely N-dealkylation sites (N-methyl/N-ethyl adjacent to an activating group) is 1. The Kier molecular flexibility index (Phi) is 6.87. The third-order valence-corrected chi connectivity index (χ3v) is 4.55. The van der Waals surface area contributed by atoms with Gasteiger partial charge in [-0.3, -0.25) is 9.59 Å². The van der Waals surface area contributed by atoms with Crippen LogP contribution in [-0.2, 0) is 16.1 Å². The van der Waals surface area contributed by atoms with Crippen LogP contribution in [0.1, 0.15) is 26.5 Å². The molecule has 1 N–H and O–H groups in total. The Labute approximate surface area is 178 Å². The fourth-order valence-electron chi connectivity index (χ4n) is 2.66. The molecule has 0 saturated heterocycles. The lowest BCUT2D eigenvalue weighted by molar-refractivity contribution is -0.121. The van der Waals surface area contributed by atoms with Gasteiger partial charge in [0.2, 0.25) is 0 Å². The summed E-state index contributed by atoms with van der Waals surface area (Å²) >= 11 is 5.79. The number of hydrogen-bond acceptors (Lipinski definition) is 5. The monoisotopic (exact) mass is 426 g/mol. The normalized spacial score (nSPS) is 10.3. The molecule has 0 fully saturated rings. The molecule has 2 amide bonds. The van der Waals surface area contributed by atoms with Crippen LogP contribution in [0, 0.1) is 0 Å². The molecule has 3 aromatic rings. The second kappa shape index (κ2) is 9.76. The first kappa shape index (κ1) is 21.1. The van der Waals surface area contributed by atoms with Crippen LogP contribution < -0.4 is 10.2 Å². The van der Waals surface area contributed by atoms with E-state index in [9.17, 15) is 14.4 Å². The average molecular weight is 427 g/mol. The van der Waals surface area contributed by atoms with Crippen molar-refractivity contribution in [3.05, 3.63) is 88.8 Å². The molecule has 0 bridgehead atoms. The maximum atomic E-state index is 12.6. The number of anilines is 1. The van der Waals surface area contributed by atoms with Gasteiger partial charge in [-0.2, -0.15) is 0 Å². The fraction of sp³-hybridized carbons (Fsp3) is 0.136. The van der Waals surface area contributed by atoms with E-state index in [-0.39, 0.29) is 18.0 Å². The van der Waals surface area contributed by atoms with E-state index >= 15 is 0 Å². The number of amides is 2. The molecule has 0 unspecified atom stereocenters. The zero-order valence-corrected chi connectivity index (χ0v) is 16.9. The first-order valence-corrected chi connectivity index (χ1v) is 9.42. The molecule has 0 aliphatic rings. The highest BCUT2D eigenvalue weighted by molar-refractivity contribution is 6.30. The minimum atomic E-state index is -0.641. The lowest BCUT2D eigenvalue weighted by Crippen LogP contribution is -2.33. The second-order valence-corrected chi connectivity index (χ2v) is 6.75. The standard InChI is InChI=1S/C22H19ClN2O5/c1-25(20(26)14-30-22(28)15-8-10-16(23)11-9-15)19-7-3-2-6-18(19)21(27)24-13-17-5-4-12-29-17/h2-12H,13-14H2,1H3,(H,24,27). The number of halogens is 1. The van der Waals surface area contributed by atoms with Crippen LogP contribution in [0.2, 0.25) is 5.02 Å². The van der Waals surface area contributed by atoms with E-state index in [4.69, 9.17) is 20.8 Å². The second-order valence-electron chi connectivity index (χ2n) is 6.31. The van der Waals surface area contributed by atoms with Crippen LogP contribution in [0.5, 0.6) is 0 Å². The number of nitrogens with zero attached hydrogens (tertiary/aromatic N) is 1. The lowest BCUT2D eigenvalue weighted by atomic mass is 10.1.